The molecule has 0 aromatic heterocycles. The molecule has 3 nitrogen and oxygen atoms in total. The van der Waals surface area contributed by atoms with Gasteiger partial charge >= 0.3 is 0 Å². The van der Waals surface area contributed by atoms with Gasteiger partial charge in [0.05, 0.1) is 34.7 Å². The smallest absolute Gasteiger partial charge is 0.242 e. The summed E-state index contributed by atoms with van der Waals surface area (Å²) >= 11 is 1.83. The molecule has 4 atom stereocenters. The van der Waals surface area contributed by atoms with Crippen LogP contribution in [0, 0.1) is 23.7 Å². The maximum absolute atomic E-state index is 11.7. The Morgan fingerprint density at radius 1 is 1.15 bits per heavy atom. The van der Waals surface area contributed by atoms with Crippen LogP contribution in [0.25, 0.3) is 0 Å². The number of hydrogen-bond donors (Lipinski definition) is 0. The molecule has 0 aromatic rings. The van der Waals surface area contributed by atoms with Gasteiger partial charge in [-0.3, -0.25) is 9.59 Å². The third kappa shape index (κ3) is 0.800. The van der Waals surface area contributed by atoms with E-state index in [0.717, 1.165) is 6.42 Å². The fourth-order valence-electron chi connectivity index (χ4n) is 2.87. The summed E-state index contributed by atoms with van der Waals surface area (Å²) in [5.74, 6) is 0.663. The second-order valence-corrected chi connectivity index (χ2v) is 4.92. The minimum absolute atomic E-state index is 0.0208. The number of imide groups is 1. The van der Waals surface area contributed by atoms with Crippen molar-refractivity contribution < 1.29 is 9.59 Å². The lowest BCUT2D eigenvalue weighted by Crippen LogP contribution is -2.22. The van der Waals surface area contributed by atoms with Crippen molar-refractivity contribution in [3.63, 3.8) is 0 Å². The minimum Gasteiger partial charge on any atom is -0.273 e. The molecule has 1 saturated heterocycles. The molecule has 0 radical (unpaired) electrons. The molecular weight excluding hydrogens is 281 g/mol. The Morgan fingerprint density at radius 3 is 2.08 bits per heavy atom. The summed E-state index contributed by atoms with van der Waals surface area (Å²) in [4.78, 5) is 23.3. The van der Waals surface area contributed by atoms with E-state index in [-0.39, 0.29) is 23.7 Å². The number of halogens is 1. The van der Waals surface area contributed by atoms with Crippen molar-refractivity contribution in [3.05, 3.63) is 12.2 Å². The minimum atomic E-state index is -0.0283. The summed E-state index contributed by atoms with van der Waals surface area (Å²) in [5, 5.41) is 0. The number of fused-ring (bicyclic) bond motifs is 5. The summed E-state index contributed by atoms with van der Waals surface area (Å²) < 4.78 is 1.28. The van der Waals surface area contributed by atoms with Crippen LogP contribution in [-0.2, 0) is 9.59 Å². The number of hydrogen-bond acceptors (Lipinski definition) is 2. The maximum atomic E-state index is 11.7. The molecule has 4 unspecified atom stereocenters. The van der Waals surface area contributed by atoms with Crippen LogP contribution in [0.2, 0.25) is 0 Å². The summed E-state index contributed by atoms with van der Waals surface area (Å²) in [7, 11) is 0. The number of carbonyl (C=O) groups is 2. The van der Waals surface area contributed by atoms with E-state index in [4.69, 9.17) is 0 Å². The summed E-state index contributed by atoms with van der Waals surface area (Å²) in [6.45, 7) is 0. The van der Waals surface area contributed by atoms with E-state index in [9.17, 15) is 9.59 Å². The average Bonchev–Trinajstić information content (AvgIpc) is 2.76. The molecule has 4 heteroatoms. The van der Waals surface area contributed by atoms with Gasteiger partial charge in [0.15, 0.2) is 0 Å². The first-order valence-corrected chi connectivity index (χ1v) is 5.38. The Kier molecular flexibility index (Phi) is 1.44. The molecule has 2 fully saturated rings. The van der Waals surface area contributed by atoms with Crippen LogP contribution in [0.4, 0.5) is 0 Å². The van der Waals surface area contributed by atoms with Gasteiger partial charge in [0, 0.05) is 0 Å². The Hall–Kier alpha value is -0.390. The monoisotopic (exact) mass is 289 g/mol. The van der Waals surface area contributed by atoms with Gasteiger partial charge in [0.2, 0.25) is 11.8 Å². The van der Waals surface area contributed by atoms with Crippen LogP contribution in [0.3, 0.4) is 0 Å². The van der Waals surface area contributed by atoms with Crippen LogP contribution < -0.4 is 0 Å². The first-order valence-electron chi connectivity index (χ1n) is 4.42. The van der Waals surface area contributed by atoms with E-state index in [1.54, 1.807) is 0 Å². The van der Waals surface area contributed by atoms with Crippen LogP contribution in [0.1, 0.15) is 6.42 Å². The normalized spacial score (nSPS) is 46.4. The molecule has 1 heterocycles. The fraction of sp³-hybridized carbons (Fsp3) is 0.556. The zero-order chi connectivity index (χ0) is 9.16. The van der Waals surface area contributed by atoms with Gasteiger partial charge in [-0.1, -0.05) is 12.2 Å². The topological polar surface area (TPSA) is 37.4 Å². The van der Waals surface area contributed by atoms with Gasteiger partial charge in [-0.05, 0) is 18.3 Å². The van der Waals surface area contributed by atoms with Gasteiger partial charge in [-0.25, -0.2) is 3.11 Å². The number of nitrogens with zero attached hydrogens (tertiary/aromatic N) is 1. The van der Waals surface area contributed by atoms with Crippen molar-refractivity contribution in [3.8, 4) is 0 Å². The summed E-state index contributed by atoms with van der Waals surface area (Å²) in [5.41, 5.74) is 0. The van der Waals surface area contributed by atoms with E-state index >= 15 is 0 Å². The average molecular weight is 289 g/mol. The van der Waals surface area contributed by atoms with E-state index in [1.807, 2.05) is 22.9 Å². The molecule has 2 aliphatic carbocycles. The molecule has 2 amide bonds. The van der Waals surface area contributed by atoms with Crippen LogP contribution in [0.15, 0.2) is 12.2 Å². The zero-order valence-electron chi connectivity index (χ0n) is 6.81. The van der Waals surface area contributed by atoms with Crippen molar-refractivity contribution in [1.82, 2.24) is 3.11 Å². The molecule has 0 spiro atoms. The van der Waals surface area contributed by atoms with Crippen molar-refractivity contribution in [1.29, 1.82) is 0 Å². The lowest BCUT2D eigenvalue weighted by atomic mass is 9.85. The lowest BCUT2D eigenvalue weighted by Gasteiger charge is -2.14. The quantitative estimate of drug-likeness (QED) is 0.290. The third-order valence-electron chi connectivity index (χ3n) is 3.42. The predicted octanol–water partition coefficient (Wildman–Crippen LogP) is 1.14. The van der Waals surface area contributed by atoms with Crippen LogP contribution >= 0.6 is 22.9 Å². The predicted molar refractivity (Wildman–Crippen MR) is 53.6 cm³/mol. The number of allylic oxidation sites excluding steroid dienone is 2. The summed E-state index contributed by atoms with van der Waals surface area (Å²) in [6, 6.07) is 0. The third-order valence-corrected chi connectivity index (χ3v) is 4.37. The highest BCUT2D eigenvalue weighted by Crippen LogP contribution is 2.53. The highest BCUT2D eigenvalue weighted by atomic mass is 127. The van der Waals surface area contributed by atoms with Gasteiger partial charge in [0.1, 0.15) is 0 Å². The molecule has 3 rings (SSSR count). The first kappa shape index (κ1) is 7.96. The number of carbonyl (C=O) groups excluding carboxylic acids is 2. The highest BCUT2D eigenvalue weighted by Gasteiger charge is 2.58. The Balaban J connectivity index is 2.08. The molecule has 68 valence electrons. The molecular formula is C9H8INO2. The Morgan fingerprint density at radius 2 is 1.62 bits per heavy atom. The van der Waals surface area contributed by atoms with E-state index in [1.165, 1.54) is 3.11 Å². The van der Waals surface area contributed by atoms with Crippen LogP contribution in [-0.4, -0.2) is 14.9 Å². The molecule has 13 heavy (non-hydrogen) atoms. The second kappa shape index (κ2) is 2.34. The SMILES string of the molecule is O=C1C2C3C=CC(C3)C2C(=O)N1I. The molecule has 1 saturated carbocycles. The van der Waals surface area contributed by atoms with Crippen molar-refractivity contribution in [2.45, 2.75) is 6.42 Å². The standard InChI is InChI=1S/C9H8INO2/c10-11-8(12)6-4-1-2-5(3-4)7(6)9(11)13/h1-2,4-7H,3H2. The Bertz CT molecular complexity index is 309. The molecule has 0 aromatic carbocycles. The summed E-state index contributed by atoms with van der Waals surface area (Å²) in [6.07, 6.45) is 5.22. The van der Waals surface area contributed by atoms with Crippen molar-refractivity contribution >= 4 is 34.7 Å². The lowest BCUT2D eigenvalue weighted by molar-refractivity contribution is -0.132. The van der Waals surface area contributed by atoms with Gasteiger partial charge in [0.25, 0.3) is 0 Å². The fourth-order valence-corrected chi connectivity index (χ4v) is 3.51. The van der Waals surface area contributed by atoms with Gasteiger partial charge in [-0.15, -0.1) is 0 Å². The molecule has 1 aliphatic heterocycles. The van der Waals surface area contributed by atoms with Crippen LogP contribution in [0.5, 0.6) is 0 Å². The molecule has 2 bridgehead atoms. The second-order valence-electron chi connectivity index (χ2n) is 3.96. The van der Waals surface area contributed by atoms with E-state index in [2.05, 4.69) is 12.2 Å². The molecule has 0 N–H and O–H groups in total. The van der Waals surface area contributed by atoms with E-state index in [0.29, 0.717) is 11.8 Å². The van der Waals surface area contributed by atoms with Gasteiger partial charge in [-0.2, -0.15) is 0 Å². The maximum Gasteiger partial charge on any atom is 0.242 e. The van der Waals surface area contributed by atoms with Crippen molar-refractivity contribution in [2.75, 3.05) is 0 Å². The first-order chi connectivity index (χ1) is 6.20. The van der Waals surface area contributed by atoms with Crippen molar-refractivity contribution in [2.24, 2.45) is 23.7 Å². The number of amides is 2. The highest BCUT2D eigenvalue weighted by molar-refractivity contribution is 14.1. The zero-order valence-corrected chi connectivity index (χ0v) is 8.97. The Labute approximate surface area is 89.7 Å². The largest absolute Gasteiger partial charge is 0.273 e. The van der Waals surface area contributed by atoms with Gasteiger partial charge < -0.3 is 0 Å². The molecule has 3 aliphatic rings. The number of rotatable bonds is 0. The van der Waals surface area contributed by atoms with E-state index < -0.39 is 0 Å².